The predicted molar refractivity (Wildman–Crippen MR) is 104 cm³/mol. The summed E-state index contributed by atoms with van der Waals surface area (Å²) in [6.07, 6.45) is 11.4. The van der Waals surface area contributed by atoms with Crippen molar-refractivity contribution in [2.45, 2.75) is 78.1 Å². The van der Waals surface area contributed by atoms with E-state index in [1.165, 1.54) is 57.9 Å². The van der Waals surface area contributed by atoms with E-state index in [0.29, 0.717) is 17.4 Å². The maximum atomic E-state index is 12.5. The van der Waals surface area contributed by atoms with Gasteiger partial charge in [0.2, 0.25) is 0 Å². The highest BCUT2D eigenvalue weighted by molar-refractivity contribution is 6.10. The molecule has 0 bridgehead atoms. The molecular weight excluding hydrogens is 328 g/mol. The molecule has 0 atom stereocenters. The molecule has 2 aromatic rings. The minimum Gasteiger partial charge on any atom is -0.504 e. The quantitative estimate of drug-likeness (QED) is 0.350. The van der Waals surface area contributed by atoms with Gasteiger partial charge in [0, 0.05) is 24.3 Å². The molecule has 4 nitrogen and oxygen atoms in total. The van der Waals surface area contributed by atoms with Gasteiger partial charge in [0.25, 0.3) is 0 Å². The van der Waals surface area contributed by atoms with Crippen LogP contribution in [0.2, 0.25) is 0 Å². The van der Waals surface area contributed by atoms with Crippen molar-refractivity contribution in [3.8, 4) is 5.75 Å². The number of Topliss-reactive ketones (excluding diaryl/α,β-unsaturated/α-hetero) is 2. The van der Waals surface area contributed by atoms with Gasteiger partial charge in [0.05, 0.1) is 0 Å². The predicted octanol–water partition coefficient (Wildman–Crippen LogP) is 6.44. The second-order valence-corrected chi connectivity index (χ2v) is 7.04. The lowest BCUT2D eigenvalue weighted by Crippen LogP contribution is -1.99. The number of furan rings is 1. The van der Waals surface area contributed by atoms with Gasteiger partial charge in [0.1, 0.15) is 0 Å². The molecule has 4 heteroatoms. The zero-order valence-electron chi connectivity index (χ0n) is 16.0. The van der Waals surface area contributed by atoms with Crippen LogP contribution in [-0.2, 0) is 0 Å². The molecule has 0 radical (unpaired) electrons. The molecule has 0 saturated carbocycles. The van der Waals surface area contributed by atoms with Gasteiger partial charge >= 0.3 is 0 Å². The summed E-state index contributed by atoms with van der Waals surface area (Å²) in [6, 6.07) is 4.63. The topological polar surface area (TPSA) is 67.5 Å². The number of fused-ring (bicyclic) bond motifs is 1. The molecule has 0 fully saturated rings. The number of phenols is 1. The van der Waals surface area contributed by atoms with Crippen molar-refractivity contribution in [1.29, 1.82) is 0 Å². The monoisotopic (exact) mass is 358 g/mol. The van der Waals surface area contributed by atoms with E-state index in [0.717, 1.165) is 12.8 Å². The average molecular weight is 358 g/mol. The number of carbonyl (C=O) groups excluding carboxylic acids is 2. The van der Waals surface area contributed by atoms with Crippen LogP contribution in [0.5, 0.6) is 5.75 Å². The molecule has 142 valence electrons. The zero-order valence-corrected chi connectivity index (χ0v) is 16.0. The first-order valence-corrected chi connectivity index (χ1v) is 9.84. The van der Waals surface area contributed by atoms with Gasteiger partial charge in [-0.15, -0.1) is 0 Å². The standard InChI is InChI=1S/C22H30O4/c1-3-4-5-6-7-8-9-10-11-12-19(24)17-13-14-20(25)22-18(17)15-21(26-22)16(2)23/h13-15,25H,3-12H2,1-2H3. The Kier molecular flexibility index (Phi) is 7.89. The Labute approximate surface area is 155 Å². The molecule has 2 rings (SSSR count). The first kappa shape index (κ1) is 20.2. The van der Waals surface area contributed by atoms with Crippen molar-refractivity contribution in [2.24, 2.45) is 0 Å². The van der Waals surface area contributed by atoms with Gasteiger partial charge in [-0.2, -0.15) is 0 Å². The first-order valence-electron chi connectivity index (χ1n) is 9.84. The number of ketones is 2. The summed E-state index contributed by atoms with van der Waals surface area (Å²) in [4.78, 5) is 24.1. The lowest BCUT2D eigenvalue weighted by Gasteiger charge is -2.04. The molecule has 0 amide bonds. The number of hydrogen-bond donors (Lipinski definition) is 1. The number of unbranched alkanes of at least 4 members (excludes halogenated alkanes) is 8. The van der Waals surface area contributed by atoms with Crippen LogP contribution in [0.25, 0.3) is 11.0 Å². The van der Waals surface area contributed by atoms with Crippen LogP contribution in [0.4, 0.5) is 0 Å². The Morgan fingerprint density at radius 2 is 1.58 bits per heavy atom. The SMILES string of the molecule is CCCCCCCCCCCC(=O)c1ccc(O)c2oc(C(C)=O)cc12. The minimum atomic E-state index is -0.224. The fourth-order valence-corrected chi connectivity index (χ4v) is 3.26. The fraction of sp³-hybridized carbons (Fsp3) is 0.545. The Balaban J connectivity index is 1.84. The number of hydrogen-bond acceptors (Lipinski definition) is 4. The highest BCUT2D eigenvalue weighted by Gasteiger charge is 2.18. The van der Waals surface area contributed by atoms with Crippen LogP contribution >= 0.6 is 0 Å². The number of benzene rings is 1. The summed E-state index contributed by atoms with van der Waals surface area (Å²) in [7, 11) is 0. The van der Waals surface area contributed by atoms with Gasteiger partial charge in [-0.1, -0.05) is 58.3 Å². The lowest BCUT2D eigenvalue weighted by atomic mass is 10.00. The summed E-state index contributed by atoms with van der Waals surface area (Å²) in [6.45, 7) is 3.63. The smallest absolute Gasteiger partial charge is 0.194 e. The lowest BCUT2D eigenvalue weighted by molar-refractivity contribution is 0.0976. The van der Waals surface area contributed by atoms with Crippen molar-refractivity contribution in [3.05, 3.63) is 29.5 Å². The van der Waals surface area contributed by atoms with Crippen LogP contribution in [0, 0.1) is 0 Å². The molecule has 1 heterocycles. The average Bonchev–Trinajstić information content (AvgIpc) is 3.07. The van der Waals surface area contributed by atoms with Crippen LogP contribution < -0.4 is 0 Å². The maximum absolute atomic E-state index is 12.5. The number of carbonyl (C=O) groups is 2. The summed E-state index contributed by atoms with van der Waals surface area (Å²) < 4.78 is 5.40. The van der Waals surface area contributed by atoms with Gasteiger partial charge in [0.15, 0.2) is 28.7 Å². The summed E-state index contributed by atoms with van der Waals surface area (Å²) in [5.74, 6) is -0.0717. The van der Waals surface area contributed by atoms with Crippen molar-refractivity contribution in [3.63, 3.8) is 0 Å². The molecule has 0 aliphatic rings. The second-order valence-electron chi connectivity index (χ2n) is 7.04. The fourth-order valence-electron chi connectivity index (χ4n) is 3.26. The number of rotatable bonds is 12. The van der Waals surface area contributed by atoms with Crippen LogP contribution in [0.1, 0.15) is 99.0 Å². The number of phenolic OH excluding ortho intramolecular Hbond substituents is 1. The normalized spacial score (nSPS) is 11.2. The van der Waals surface area contributed by atoms with E-state index in [1.807, 2.05) is 0 Å². The summed E-state index contributed by atoms with van der Waals surface area (Å²) >= 11 is 0. The van der Waals surface area contributed by atoms with E-state index in [-0.39, 0.29) is 28.7 Å². The van der Waals surface area contributed by atoms with E-state index in [2.05, 4.69) is 6.92 Å². The zero-order chi connectivity index (χ0) is 18.9. The summed E-state index contributed by atoms with van der Waals surface area (Å²) in [5, 5.41) is 10.4. The molecule has 26 heavy (non-hydrogen) atoms. The third-order valence-electron chi connectivity index (χ3n) is 4.82. The highest BCUT2D eigenvalue weighted by Crippen LogP contribution is 2.32. The maximum Gasteiger partial charge on any atom is 0.194 e. The van der Waals surface area contributed by atoms with Gasteiger partial charge in [-0.05, 0) is 24.6 Å². The van der Waals surface area contributed by atoms with E-state index < -0.39 is 0 Å². The molecule has 1 aromatic carbocycles. The molecule has 0 saturated heterocycles. The van der Waals surface area contributed by atoms with Crippen LogP contribution in [-0.4, -0.2) is 16.7 Å². The highest BCUT2D eigenvalue weighted by atomic mass is 16.4. The molecule has 0 aliphatic carbocycles. The van der Waals surface area contributed by atoms with Crippen molar-refractivity contribution in [2.75, 3.05) is 0 Å². The second kappa shape index (κ2) is 10.1. The van der Waals surface area contributed by atoms with E-state index in [9.17, 15) is 14.7 Å². The molecule has 1 aromatic heterocycles. The van der Waals surface area contributed by atoms with Crippen LogP contribution in [0.3, 0.4) is 0 Å². The van der Waals surface area contributed by atoms with Crippen molar-refractivity contribution in [1.82, 2.24) is 0 Å². The molecule has 0 spiro atoms. The molecule has 1 N–H and O–H groups in total. The van der Waals surface area contributed by atoms with Crippen molar-refractivity contribution < 1.29 is 19.1 Å². The minimum absolute atomic E-state index is 0.0360. The Hall–Kier alpha value is -2.10. The Morgan fingerprint density at radius 1 is 0.962 bits per heavy atom. The van der Waals surface area contributed by atoms with E-state index in [4.69, 9.17) is 4.42 Å². The third kappa shape index (κ3) is 5.45. The van der Waals surface area contributed by atoms with E-state index >= 15 is 0 Å². The molecular formula is C22H30O4. The van der Waals surface area contributed by atoms with Crippen molar-refractivity contribution >= 4 is 22.5 Å². The molecule has 0 aliphatic heterocycles. The first-order chi connectivity index (χ1) is 12.5. The Morgan fingerprint density at radius 3 is 2.19 bits per heavy atom. The third-order valence-corrected chi connectivity index (χ3v) is 4.82. The largest absolute Gasteiger partial charge is 0.504 e. The van der Waals surface area contributed by atoms with E-state index in [1.54, 1.807) is 12.1 Å². The van der Waals surface area contributed by atoms with Gasteiger partial charge in [-0.3, -0.25) is 9.59 Å². The summed E-state index contributed by atoms with van der Waals surface area (Å²) in [5.41, 5.74) is 0.738. The van der Waals surface area contributed by atoms with Crippen LogP contribution in [0.15, 0.2) is 22.6 Å². The number of aromatic hydroxyl groups is 1. The Bertz CT molecular complexity index is 742. The van der Waals surface area contributed by atoms with Gasteiger partial charge < -0.3 is 9.52 Å². The molecule has 0 unspecified atom stereocenters. The van der Waals surface area contributed by atoms with Gasteiger partial charge in [-0.25, -0.2) is 0 Å².